The first-order valence-corrected chi connectivity index (χ1v) is 9.72. The van der Waals surface area contributed by atoms with Crippen molar-refractivity contribution in [1.82, 2.24) is 25.1 Å². The predicted octanol–water partition coefficient (Wildman–Crippen LogP) is 5.13. The van der Waals surface area contributed by atoms with Crippen LogP contribution in [0.5, 0.6) is 0 Å². The molecule has 5 rings (SSSR count). The summed E-state index contributed by atoms with van der Waals surface area (Å²) in [7, 11) is 0. The van der Waals surface area contributed by atoms with Crippen LogP contribution in [0.2, 0.25) is 5.02 Å². The minimum absolute atomic E-state index is 0.0418. The number of nitrogens with zero attached hydrogens (tertiary/aromatic N) is 3. The molecule has 1 atom stereocenters. The van der Waals surface area contributed by atoms with Crippen molar-refractivity contribution in [3.8, 4) is 0 Å². The summed E-state index contributed by atoms with van der Waals surface area (Å²) in [6.45, 7) is 2.08. The van der Waals surface area contributed by atoms with Gasteiger partial charge in [0.2, 0.25) is 5.95 Å². The van der Waals surface area contributed by atoms with E-state index in [-0.39, 0.29) is 6.04 Å². The molecule has 3 heterocycles. The summed E-state index contributed by atoms with van der Waals surface area (Å²) >= 11 is 6.28. The number of hydrogen-bond donors (Lipinski definition) is 4. The first kappa shape index (κ1) is 17.1. The van der Waals surface area contributed by atoms with Crippen LogP contribution in [0.1, 0.15) is 43.0 Å². The molecule has 8 heteroatoms. The minimum atomic E-state index is 0.0418. The van der Waals surface area contributed by atoms with E-state index in [2.05, 4.69) is 67.0 Å². The Labute approximate surface area is 166 Å². The van der Waals surface area contributed by atoms with E-state index >= 15 is 0 Å². The lowest BCUT2D eigenvalue weighted by Gasteiger charge is -2.15. The van der Waals surface area contributed by atoms with E-state index in [4.69, 9.17) is 11.6 Å². The molecule has 0 unspecified atom stereocenters. The van der Waals surface area contributed by atoms with Crippen molar-refractivity contribution in [3.05, 3.63) is 59.0 Å². The zero-order chi connectivity index (χ0) is 19.1. The second-order valence-electron chi connectivity index (χ2n) is 7.19. The topological polar surface area (TPSA) is 94.3 Å². The van der Waals surface area contributed by atoms with Crippen LogP contribution in [-0.2, 0) is 0 Å². The Bertz CT molecular complexity index is 1130. The number of rotatable bonds is 6. The van der Waals surface area contributed by atoms with Crippen LogP contribution in [0, 0.1) is 0 Å². The normalized spacial score (nSPS) is 14.9. The van der Waals surface area contributed by atoms with Crippen LogP contribution in [0.3, 0.4) is 0 Å². The summed E-state index contributed by atoms with van der Waals surface area (Å²) in [6.07, 6.45) is 5.97. The fourth-order valence-corrected chi connectivity index (χ4v) is 3.41. The molecule has 3 aromatic heterocycles. The monoisotopic (exact) mass is 393 g/mol. The van der Waals surface area contributed by atoms with Gasteiger partial charge in [0.1, 0.15) is 5.02 Å². The number of hydrogen-bond acceptors (Lipinski definition) is 5. The van der Waals surface area contributed by atoms with Crippen LogP contribution in [0.15, 0.2) is 42.7 Å². The lowest BCUT2D eigenvalue weighted by Crippen LogP contribution is -2.10. The molecule has 1 fully saturated rings. The second-order valence-corrected chi connectivity index (χ2v) is 7.60. The van der Waals surface area contributed by atoms with Gasteiger partial charge in [-0.25, -0.2) is 4.98 Å². The molecule has 4 N–H and O–H groups in total. The summed E-state index contributed by atoms with van der Waals surface area (Å²) in [5, 5.41) is 15.5. The van der Waals surface area contributed by atoms with Gasteiger partial charge in [-0.15, -0.1) is 0 Å². The van der Waals surface area contributed by atoms with Crippen molar-refractivity contribution in [2.75, 3.05) is 10.6 Å². The van der Waals surface area contributed by atoms with E-state index in [1.807, 2.05) is 12.3 Å². The van der Waals surface area contributed by atoms with Crippen LogP contribution >= 0.6 is 11.6 Å². The Morgan fingerprint density at radius 2 is 2.11 bits per heavy atom. The van der Waals surface area contributed by atoms with E-state index < -0.39 is 0 Å². The van der Waals surface area contributed by atoms with E-state index in [0.717, 1.165) is 16.8 Å². The standard InChI is InChI=1S/C20H20ClN7/c1-11(13-4-5-16-14(8-13)6-7-22-16)24-20-23-10-15(21)19(26-20)25-18-9-17(27-28-18)12-2-3-12/h4-12,22H,2-3H2,1H3,(H3,23,24,25,26,27,28)/t11-/m0/s1. The van der Waals surface area contributed by atoms with Gasteiger partial charge in [0.25, 0.3) is 0 Å². The van der Waals surface area contributed by atoms with Gasteiger partial charge in [-0.1, -0.05) is 17.7 Å². The molecule has 1 aromatic carbocycles. The SMILES string of the molecule is C[C@H](Nc1ncc(Cl)c(Nc2cc(C3CC3)[nH]n2)n1)c1ccc2[nH]ccc2c1. The average Bonchev–Trinajstić information content (AvgIpc) is 3.25. The number of benzene rings is 1. The van der Waals surface area contributed by atoms with Crippen LogP contribution in [0.4, 0.5) is 17.6 Å². The number of anilines is 3. The molecule has 142 valence electrons. The first-order chi connectivity index (χ1) is 13.7. The number of H-pyrrole nitrogens is 2. The van der Waals surface area contributed by atoms with Crippen molar-refractivity contribution in [2.45, 2.75) is 31.7 Å². The fraction of sp³-hybridized carbons (Fsp3) is 0.250. The average molecular weight is 394 g/mol. The molecule has 0 radical (unpaired) electrons. The van der Waals surface area contributed by atoms with Crippen LogP contribution in [0.25, 0.3) is 10.9 Å². The first-order valence-electron chi connectivity index (χ1n) is 9.34. The van der Waals surface area contributed by atoms with E-state index in [1.165, 1.54) is 18.2 Å². The third kappa shape index (κ3) is 3.41. The molecule has 0 saturated heterocycles. The summed E-state index contributed by atoms with van der Waals surface area (Å²) in [6, 6.07) is 10.4. The van der Waals surface area contributed by atoms with Crippen LogP contribution < -0.4 is 10.6 Å². The van der Waals surface area contributed by atoms with Crippen molar-refractivity contribution >= 4 is 40.1 Å². The van der Waals surface area contributed by atoms with Gasteiger partial charge in [0.05, 0.1) is 12.2 Å². The minimum Gasteiger partial charge on any atom is -0.361 e. The highest BCUT2D eigenvalue weighted by Gasteiger charge is 2.25. The highest BCUT2D eigenvalue weighted by atomic mass is 35.5. The fourth-order valence-electron chi connectivity index (χ4n) is 3.27. The van der Waals surface area contributed by atoms with Crippen molar-refractivity contribution < 1.29 is 0 Å². The summed E-state index contributed by atoms with van der Waals surface area (Å²) in [4.78, 5) is 12.1. The maximum Gasteiger partial charge on any atom is 0.225 e. The molecular weight excluding hydrogens is 374 g/mol. The molecular formula is C20H20ClN7. The van der Waals surface area contributed by atoms with Gasteiger partial charge in [-0.05, 0) is 48.9 Å². The van der Waals surface area contributed by atoms with E-state index in [9.17, 15) is 0 Å². The number of halogens is 1. The number of aromatic nitrogens is 5. The van der Waals surface area contributed by atoms with Gasteiger partial charge in [-0.3, -0.25) is 5.10 Å². The summed E-state index contributed by atoms with van der Waals surface area (Å²) in [5.41, 5.74) is 3.43. The Hall–Kier alpha value is -3.06. The maximum atomic E-state index is 6.28. The molecule has 0 amide bonds. The number of fused-ring (bicyclic) bond motifs is 1. The second kappa shape index (κ2) is 6.83. The largest absolute Gasteiger partial charge is 0.361 e. The molecule has 1 aliphatic carbocycles. The van der Waals surface area contributed by atoms with Gasteiger partial charge in [0, 0.05) is 29.4 Å². The lowest BCUT2D eigenvalue weighted by molar-refractivity contribution is 0.863. The molecule has 0 bridgehead atoms. The summed E-state index contributed by atoms with van der Waals surface area (Å²) < 4.78 is 0. The molecule has 1 saturated carbocycles. The molecule has 28 heavy (non-hydrogen) atoms. The van der Waals surface area contributed by atoms with Crippen molar-refractivity contribution in [3.63, 3.8) is 0 Å². The molecule has 4 aromatic rings. The highest BCUT2D eigenvalue weighted by molar-refractivity contribution is 6.32. The number of aromatic amines is 2. The third-order valence-electron chi connectivity index (χ3n) is 5.03. The Balaban J connectivity index is 1.33. The van der Waals surface area contributed by atoms with Crippen molar-refractivity contribution in [1.29, 1.82) is 0 Å². The summed E-state index contributed by atoms with van der Waals surface area (Å²) in [5.74, 6) is 2.35. The van der Waals surface area contributed by atoms with Gasteiger partial charge < -0.3 is 15.6 Å². The van der Waals surface area contributed by atoms with Gasteiger partial charge >= 0.3 is 0 Å². The van der Waals surface area contributed by atoms with Crippen molar-refractivity contribution in [2.24, 2.45) is 0 Å². The Morgan fingerprint density at radius 3 is 2.96 bits per heavy atom. The molecule has 7 nitrogen and oxygen atoms in total. The smallest absolute Gasteiger partial charge is 0.225 e. The Kier molecular flexibility index (Phi) is 4.16. The van der Waals surface area contributed by atoms with E-state index in [0.29, 0.717) is 28.5 Å². The molecule has 1 aliphatic rings. The zero-order valence-corrected chi connectivity index (χ0v) is 16.1. The van der Waals surface area contributed by atoms with Gasteiger partial charge in [0.15, 0.2) is 11.6 Å². The zero-order valence-electron chi connectivity index (χ0n) is 15.3. The Morgan fingerprint density at radius 1 is 1.21 bits per heavy atom. The lowest BCUT2D eigenvalue weighted by atomic mass is 10.1. The quantitative estimate of drug-likeness (QED) is 0.364. The van der Waals surface area contributed by atoms with Gasteiger partial charge in [-0.2, -0.15) is 10.1 Å². The predicted molar refractivity (Wildman–Crippen MR) is 111 cm³/mol. The van der Waals surface area contributed by atoms with E-state index in [1.54, 1.807) is 6.20 Å². The molecule has 0 aliphatic heterocycles. The third-order valence-corrected chi connectivity index (χ3v) is 5.30. The maximum absolute atomic E-state index is 6.28. The molecule has 0 spiro atoms. The highest BCUT2D eigenvalue weighted by Crippen LogP contribution is 2.39. The van der Waals surface area contributed by atoms with Crippen LogP contribution in [-0.4, -0.2) is 25.1 Å². The number of nitrogens with one attached hydrogen (secondary N) is 4.